The number of esters is 1. The van der Waals surface area contributed by atoms with Gasteiger partial charge in [-0.1, -0.05) is 0 Å². The summed E-state index contributed by atoms with van der Waals surface area (Å²) in [6.45, 7) is 0.798. The molecule has 10 heteroatoms. The SMILES string of the molecule is COc1ccc(OC)c([C@@H](C)NC(=O)COC(=O)Cn2ccc(=O)[nH]c2=O)c1. The summed E-state index contributed by atoms with van der Waals surface area (Å²) < 4.78 is 16.3. The zero-order valence-corrected chi connectivity index (χ0v) is 15.7. The summed E-state index contributed by atoms with van der Waals surface area (Å²) in [5.41, 5.74) is -0.620. The van der Waals surface area contributed by atoms with E-state index in [1.165, 1.54) is 20.4 Å². The number of aromatic nitrogens is 2. The van der Waals surface area contributed by atoms with Crippen LogP contribution in [0.2, 0.25) is 0 Å². The summed E-state index contributed by atoms with van der Waals surface area (Å²) in [5.74, 6) is -0.145. The van der Waals surface area contributed by atoms with Gasteiger partial charge in [0.05, 0.1) is 20.3 Å². The third kappa shape index (κ3) is 5.47. The van der Waals surface area contributed by atoms with Crippen molar-refractivity contribution in [3.8, 4) is 11.5 Å². The van der Waals surface area contributed by atoms with E-state index in [1.807, 2.05) is 4.98 Å². The van der Waals surface area contributed by atoms with E-state index in [1.54, 1.807) is 25.1 Å². The van der Waals surface area contributed by atoms with Crippen molar-refractivity contribution in [1.82, 2.24) is 14.9 Å². The van der Waals surface area contributed by atoms with Crippen LogP contribution >= 0.6 is 0 Å². The van der Waals surface area contributed by atoms with Gasteiger partial charge in [-0.3, -0.25) is 23.9 Å². The highest BCUT2D eigenvalue weighted by molar-refractivity contribution is 5.80. The molecule has 1 aromatic heterocycles. The molecule has 0 fully saturated rings. The van der Waals surface area contributed by atoms with Gasteiger partial charge in [-0.15, -0.1) is 0 Å². The van der Waals surface area contributed by atoms with Gasteiger partial charge in [-0.25, -0.2) is 4.79 Å². The zero-order valence-electron chi connectivity index (χ0n) is 15.7. The number of carbonyl (C=O) groups excluding carboxylic acids is 2. The number of rotatable bonds is 8. The van der Waals surface area contributed by atoms with Crippen molar-refractivity contribution >= 4 is 11.9 Å². The maximum absolute atomic E-state index is 12.1. The molecule has 0 spiro atoms. The van der Waals surface area contributed by atoms with Crippen LogP contribution in [-0.4, -0.2) is 42.3 Å². The first kappa shape index (κ1) is 20.7. The number of benzene rings is 1. The maximum Gasteiger partial charge on any atom is 0.328 e. The topological polar surface area (TPSA) is 129 Å². The molecule has 1 heterocycles. The molecule has 0 radical (unpaired) electrons. The van der Waals surface area contributed by atoms with E-state index in [0.29, 0.717) is 17.1 Å². The molecule has 0 bridgehead atoms. The molecule has 28 heavy (non-hydrogen) atoms. The molecule has 2 N–H and O–H groups in total. The van der Waals surface area contributed by atoms with Crippen LogP contribution in [0.1, 0.15) is 18.5 Å². The van der Waals surface area contributed by atoms with Crippen LogP contribution in [0.4, 0.5) is 0 Å². The van der Waals surface area contributed by atoms with E-state index in [0.717, 1.165) is 10.6 Å². The van der Waals surface area contributed by atoms with Crippen LogP contribution in [-0.2, 0) is 20.9 Å². The standard InChI is InChI=1S/C18H21N3O7/c1-11(13-8-12(26-2)4-5-14(13)27-3)19-16(23)10-28-17(24)9-21-7-6-15(22)20-18(21)25/h4-8,11H,9-10H2,1-3H3,(H,19,23)(H,20,22,25)/t11-/m1/s1. The average molecular weight is 391 g/mol. The second-order valence-electron chi connectivity index (χ2n) is 5.80. The van der Waals surface area contributed by atoms with Gasteiger partial charge in [-0.2, -0.15) is 0 Å². The van der Waals surface area contributed by atoms with Crippen molar-refractivity contribution in [2.75, 3.05) is 20.8 Å². The third-order valence-corrected chi connectivity index (χ3v) is 3.84. The van der Waals surface area contributed by atoms with Gasteiger partial charge < -0.3 is 19.5 Å². The molecule has 0 aliphatic carbocycles. The van der Waals surface area contributed by atoms with E-state index >= 15 is 0 Å². The Kier molecular flexibility index (Phi) is 6.96. The molecule has 10 nitrogen and oxygen atoms in total. The highest BCUT2D eigenvalue weighted by atomic mass is 16.5. The minimum atomic E-state index is -0.795. The largest absolute Gasteiger partial charge is 0.497 e. The molecule has 0 aliphatic rings. The second-order valence-corrected chi connectivity index (χ2v) is 5.80. The smallest absolute Gasteiger partial charge is 0.328 e. The Bertz CT molecular complexity index is 964. The van der Waals surface area contributed by atoms with Crippen molar-refractivity contribution in [3.63, 3.8) is 0 Å². The van der Waals surface area contributed by atoms with Gasteiger partial charge >= 0.3 is 11.7 Å². The number of methoxy groups -OCH3 is 2. The lowest BCUT2D eigenvalue weighted by atomic mass is 10.1. The molecule has 1 atom stereocenters. The molecule has 0 unspecified atom stereocenters. The van der Waals surface area contributed by atoms with Crippen LogP contribution < -0.4 is 26.0 Å². The minimum absolute atomic E-state index is 0.428. The lowest BCUT2D eigenvalue weighted by molar-refractivity contribution is -0.149. The number of H-pyrrole nitrogens is 1. The number of hydrogen-bond acceptors (Lipinski definition) is 7. The minimum Gasteiger partial charge on any atom is -0.497 e. The summed E-state index contributed by atoms with van der Waals surface area (Å²) in [6, 6.07) is 5.86. The molecular formula is C18H21N3O7. The van der Waals surface area contributed by atoms with E-state index in [4.69, 9.17) is 14.2 Å². The van der Waals surface area contributed by atoms with Crippen molar-refractivity contribution in [3.05, 3.63) is 56.9 Å². The van der Waals surface area contributed by atoms with Crippen molar-refractivity contribution in [2.24, 2.45) is 0 Å². The molecule has 1 aromatic carbocycles. The summed E-state index contributed by atoms with van der Waals surface area (Å²) in [4.78, 5) is 48.4. The monoisotopic (exact) mass is 391 g/mol. The number of nitrogens with zero attached hydrogens (tertiary/aromatic N) is 1. The van der Waals surface area contributed by atoms with E-state index < -0.39 is 42.3 Å². The number of aromatic amines is 1. The quantitative estimate of drug-likeness (QED) is 0.605. The summed E-state index contributed by atoms with van der Waals surface area (Å²) in [7, 11) is 3.04. The highest BCUT2D eigenvalue weighted by Crippen LogP contribution is 2.29. The lowest BCUT2D eigenvalue weighted by Crippen LogP contribution is -2.34. The van der Waals surface area contributed by atoms with Gasteiger partial charge in [0, 0.05) is 17.8 Å². The van der Waals surface area contributed by atoms with E-state index in [9.17, 15) is 19.2 Å². The molecule has 2 aromatic rings. The van der Waals surface area contributed by atoms with Gasteiger partial charge in [0.2, 0.25) is 0 Å². The Morgan fingerprint density at radius 2 is 1.93 bits per heavy atom. The van der Waals surface area contributed by atoms with Crippen molar-refractivity contribution in [2.45, 2.75) is 19.5 Å². The predicted molar refractivity (Wildman–Crippen MR) is 98.4 cm³/mol. The number of amides is 1. The number of hydrogen-bond donors (Lipinski definition) is 2. The Labute approximate surface area is 160 Å². The maximum atomic E-state index is 12.1. The predicted octanol–water partition coefficient (Wildman–Crippen LogP) is -0.0256. The first-order chi connectivity index (χ1) is 13.3. The fourth-order valence-corrected chi connectivity index (χ4v) is 2.44. The summed E-state index contributed by atoms with van der Waals surface area (Å²) in [5, 5.41) is 2.69. The van der Waals surface area contributed by atoms with Gasteiger partial charge in [0.25, 0.3) is 11.5 Å². The molecule has 0 saturated carbocycles. The summed E-state index contributed by atoms with van der Waals surface area (Å²) in [6.07, 6.45) is 1.17. The van der Waals surface area contributed by atoms with Gasteiger partial charge in [0.15, 0.2) is 6.61 Å². The van der Waals surface area contributed by atoms with Gasteiger partial charge in [0.1, 0.15) is 18.0 Å². The molecule has 2 rings (SSSR count). The first-order valence-electron chi connectivity index (χ1n) is 8.30. The Hall–Kier alpha value is -3.56. The fourth-order valence-electron chi connectivity index (χ4n) is 2.44. The average Bonchev–Trinajstić information content (AvgIpc) is 2.68. The molecule has 0 aliphatic heterocycles. The fraction of sp³-hybridized carbons (Fsp3) is 0.333. The molecule has 0 saturated heterocycles. The highest BCUT2D eigenvalue weighted by Gasteiger charge is 2.16. The Morgan fingerprint density at radius 3 is 2.57 bits per heavy atom. The number of ether oxygens (including phenoxy) is 3. The zero-order chi connectivity index (χ0) is 20.7. The lowest BCUT2D eigenvalue weighted by Gasteiger charge is -2.18. The molecular weight excluding hydrogens is 370 g/mol. The van der Waals surface area contributed by atoms with Crippen LogP contribution in [0.25, 0.3) is 0 Å². The first-order valence-corrected chi connectivity index (χ1v) is 8.30. The summed E-state index contributed by atoms with van der Waals surface area (Å²) >= 11 is 0. The Morgan fingerprint density at radius 1 is 1.18 bits per heavy atom. The number of nitrogens with one attached hydrogen (secondary N) is 2. The van der Waals surface area contributed by atoms with Crippen molar-refractivity contribution in [1.29, 1.82) is 0 Å². The van der Waals surface area contributed by atoms with Crippen LogP contribution in [0, 0.1) is 0 Å². The second kappa shape index (κ2) is 9.40. The van der Waals surface area contributed by atoms with Crippen LogP contribution in [0.5, 0.6) is 11.5 Å². The Balaban J connectivity index is 1.92. The molecule has 1 amide bonds. The molecule has 150 valence electrons. The van der Waals surface area contributed by atoms with Crippen LogP contribution in [0.15, 0.2) is 40.1 Å². The van der Waals surface area contributed by atoms with Gasteiger partial charge in [-0.05, 0) is 25.1 Å². The van der Waals surface area contributed by atoms with E-state index in [2.05, 4.69) is 5.32 Å². The van der Waals surface area contributed by atoms with Crippen LogP contribution in [0.3, 0.4) is 0 Å². The normalized spacial score (nSPS) is 11.4. The number of carbonyl (C=O) groups is 2. The van der Waals surface area contributed by atoms with E-state index in [-0.39, 0.29) is 0 Å². The third-order valence-electron chi connectivity index (χ3n) is 3.84. The van der Waals surface area contributed by atoms with Crippen molar-refractivity contribution < 1.29 is 23.8 Å².